The molecule has 0 saturated carbocycles. The number of para-hydroxylation sites is 2. The first kappa shape index (κ1) is 25.5. The average molecular weight is 596 g/mol. The molecule has 198 valence electrons. The summed E-state index contributed by atoms with van der Waals surface area (Å²) < 4.78 is 11.5. The number of halogens is 3. The molecule has 8 aromatic rings. The van der Waals surface area contributed by atoms with Gasteiger partial charge in [-0.15, -0.1) is 0 Å². The van der Waals surface area contributed by atoms with Gasteiger partial charge in [0.25, 0.3) is 0 Å². The molecule has 0 amide bonds. The molecule has 4 heterocycles. The summed E-state index contributed by atoms with van der Waals surface area (Å²) in [5.41, 5.74) is 7.99. The highest BCUT2D eigenvalue weighted by atomic mass is 35.5. The quantitative estimate of drug-likeness (QED) is 0.146. The minimum atomic E-state index is 0.124. The molecular formula is C32H17Cl3N4O2. The largest absolute Gasteiger partial charge is 0.452 e. The summed E-state index contributed by atoms with van der Waals surface area (Å²) in [6.07, 6.45) is 0. The van der Waals surface area contributed by atoms with Gasteiger partial charge in [0, 0.05) is 16.3 Å². The van der Waals surface area contributed by atoms with E-state index in [1.807, 2.05) is 78.9 Å². The van der Waals surface area contributed by atoms with Gasteiger partial charge in [0.15, 0.2) is 16.3 Å². The van der Waals surface area contributed by atoms with E-state index in [1.54, 1.807) is 0 Å². The number of nitrogens with zero attached hydrogens (tertiary/aromatic N) is 4. The maximum absolute atomic E-state index is 6.19. The Kier molecular flexibility index (Phi) is 6.51. The Bertz CT molecular complexity index is 2190. The number of hydrogen-bond donors (Lipinski definition) is 0. The molecule has 0 saturated heterocycles. The van der Waals surface area contributed by atoms with Crippen LogP contribution in [-0.2, 0) is 0 Å². The van der Waals surface area contributed by atoms with Gasteiger partial charge in [0.2, 0.25) is 10.6 Å². The summed E-state index contributed by atoms with van der Waals surface area (Å²) in [4.78, 5) is 16.7. The van der Waals surface area contributed by atoms with Crippen molar-refractivity contribution in [3.05, 3.63) is 119 Å². The van der Waals surface area contributed by atoms with Gasteiger partial charge in [-0.2, -0.15) is 0 Å². The van der Waals surface area contributed by atoms with Crippen LogP contribution in [0.3, 0.4) is 0 Å². The number of aromatic nitrogens is 4. The van der Waals surface area contributed by atoms with Crippen LogP contribution in [0.25, 0.3) is 66.5 Å². The fourth-order valence-corrected chi connectivity index (χ4v) is 5.33. The van der Waals surface area contributed by atoms with E-state index in [2.05, 4.69) is 44.2 Å². The molecule has 0 aliphatic heterocycles. The van der Waals surface area contributed by atoms with Crippen LogP contribution >= 0.6 is 34.8 Å². The van der Waals surface area contributed by atoms with E-state index in [0.717, 1.165) is 38.6 Å². The van der Waals surface area contributed by atoms with E-state index in [-0.39, 0.29) is 15.7 Å². The predicted octanol–water partition coefficient (Wildman–Crippen LogP) is 10.0. The lowest BCUT2D eigenvalue weighted by Crippen LogP contribution is -1.89. The predicted molar refractivity (Wildman–Crippen MR) is 165 cm³/mol. The van der Waals surface area contributed by atoms with E-state index < -0.39 is 0 Å². The van der Waals surface area contributed by atoms with Crippen molar-refractivity contribution in [1.29, 1.82) is 0 Å². The lowest BCUT2D eigenvalue weighted by molar-refractivity contribution is 0.666. The van der Waals surface area contributed by atoms with E-state index in [9.17, 15) is 0 Å². The minimum Gasteiger partial charge on any atom is -0.452 e. The van der Waals surface area contributed by atoms with Gasteiger partial charge >= 0.3 is 0 Å². The van der Waals surface area contributed by atoms with Crippen molar-refractivity contribution in [2.24, 2.45) is 0 Å². The first-order valence-electron chi connectivity index (χ1n) is 12.6. The van der Waals surface area contributed by atoms with Gasteiger partial charge in [-0.05, 0) is 58.6 Å². The number of furan rings is 2. The Hall–Kier alpha value is -4.49. The molecule has 0 atom stereocenters. The van der Waals surface area contributed by atoms with Crippen LogP contribution in [-0.4, -0.2) is 19.9 Å². The van der Waals surface area contributed by atoms with Crippen LogP contribution in [0.15, 0.2) is 112 Å². The molecule has 0 spiro atoms. The van der Waals surface area contributed by atoms with Crippen molar-refractivity contribution in [3.8, 4) is 22.4 Å². The minimum absolute atomic E-state index is 0.124. The van der Waals surface area contributed by atoms with Crippen LogP contribution < -0.4 is 0 Å². The zero-order valence-electron chi connectivity index (χ0n) is 21.1. The van der Waals surface area contributed by atoms with E-state index in [4.69, 9.17) is 43.6 Å². The molecule has 0 unspecified atom stereocenters. The van der Waals surface area contributed by atoms with E-state index in [0.29, 0.717) is 22.4 Å². The van der Waals surface area contributed by atoms with Gasteiger partial charge in [0.05, 0.1) is 0 Å². The Balaban J connectivity index is 0.000000156. The lowest BCUT2D eigenvalue weighted by atomic mass is 10.0. The number of benzene rings is 4. The van der Waals surface area contributed by atoms with Crippen LogP contribution in [0.5, 0.6) is 0 Å². The smallest absolute Gasteiger partial charge is 0.224 e. The zero-order chi connectivity index (χ0) is 27.9. The Labute approximate surface area is 248 Å². The highest BCUT2D eigenvalue weighted by molar-refractivity contribution is 6.36. The Morgan fingerprint density at radius 3 is 1.59 bits per heavy atom. The second-order valence-electron chi connectivity index (χ2n) is 9.12. The maximum Gasteiger partial charge on any atom is 0.224 e. The third-order valence-electron chi connectivity index (χ3n) is 6.61. The first-order valence-corrected chi connectivity index (χ1v) is 13.7. The van der Waals surface area contributed by atoms with Crippen molar-refractivity contribution in [2.75, 3.05) is 0 Å². The van der Waals surface area contributed by atoms with Gasteiger partial charge in [-0.3, -0.25) is 0 Å². The summed E-state index contributed by atoms with van der Waals surface area (Å²) >= 11 is 17.8. The van der Waals surface area contributed by atoms with Crippen LogP contribution in [0.2, 0.25) is 15.7 Å². The highest BCUT2D eigenvalue weighted by Crippen LogP contribution is 2.35. The van der Waals surface area contributed by atoms with Crippen molar-refractivity contribution >= 4 is 78.9 Å². The molecule has 0 N–H and O–H groups in total. The third kappa shape index (κ3) is 4.76. The maximum atomic E-state index is 6.19. The molecule has 41 heavy (non-hydrogen) atoms. The fraction of sp³-hybridized carbons (Fsp3) is 0. The number of rotatable bonds is 2. The Morgan fingerprint density at radius 1 is 0.439 bits per heavy atom. The summed E-state index contributed by atoms with van der Waals surface area (Å²) in [7, 11) is 0. The normalized spacial score (nSPS) is 11.3. The topological polar surface area (TPSA) is 77.8 Å². The van der Waals surface area contributed by atoms with Crippen molar-refractivity contribution in [3.63, 3.8) is 0 Å². The fourth-order valence-electron chi connectivity index (χ4n) is 4.74. The van der Waals surface area contributed by atoms with Crippen molar-refractivity contribution in [1.82, 2.24) is 19.9 Å². The molecule has 0 bridgehead atoms. The summed E-state index contributed by atoms with van der Waals surface area (Å²) in [5, 5.41) is 2.40. The summed E-state index contributed by atoms with van der Waals surface area (Å²) in [6, 6.07) is 33.8. The Morgan fingerprint density at radius 2 is 0.927 bits per heavy atom. The average Bonchev–Trinajstić information content (AvgIpc) is 3.57. The summed E-state index contributed by atoms with van der Waals surface area (Å²) in [6.45, 7) is 0. The van der Waals surface area contributed by atoms with E-state index >= 15 is 0 Å². The second-order valence-corrected chi connectivity index (χ2v) is 10.2. The monoisotopic (exact) mass is 594 g/mol. The van der Waals surface area contributed by atoms with Crippen molar-refractivity contribution < 1.29 is 8.83 Å². The highest BCUT2D eigenvalue weighted by Gasteiger charge is 2.16. The molecule has 6 nitrogen and oxygen atoms in total. The zero-order valence-corrected chi connectivity index (χ0v) is 23.3. The summed E-state index contributed by atoms with van der Waals surface area (Å²) in [5.74, 6) is 0. The van der Waals surface area contributed by atoms with Gasteiger partial charge in [-0.25, -0.2) is 19.9 Å². The first-order chi connectivity index (χ1) is 20.0. The van der Waals surface area contributed by atoms with Crippen molar-refractivity contribution in [2.45, 2.75) is 0 Å². The molecular weight excluding hydrogens is 579 g/mol. The third-order valence-corrected chi connectivity index (χ3v) is 7.20. The number of fused-ring (bicyclic) bond motifs is 6. The van der Waals surface area contributed by atoms with E-state index in [1.165, 1.54) is 5.56 Å². The number of hydrogen-bond acceptors (Lipinski definition) is 6. The molecule has 9 heteroatoms. The van der Waals surface area contributed by atoms with Gasteiger partial charge < -0.3 is 8.83 Å². The van der Waals surface area contributed by atoms with Gasteiger partial charge in [-0.1, -0.05) is 90.5 Å². The van der Waals surface area contributed by atoms with Crippen LogP contribution in [0.1, 0.15) is 0 Å². The van der Waals surface area contributed by atoms with Crippen LogP contribution in [0, 0.1) is 0 Å². The SMILES string of the molecule is Clc1nc(-c2ccc(-c3ccccc3)cc2)c2oc3ccccc3c2n1.Clc1nc(Cl)c2oc3ccccc3c2n1. The van der Waals surface area contributed by atoms with Crippen LogP contribution in [0.4, 0.5) is 0 Å². The van der Waals surface area contributed by atoms with Gasteiger partial charge in [0.1, 0.15) is 27.9 Å². The lowest BCUT2D eigenvalue weighted by Gasteiger charge is -2.05. The molecule has 0 aliphatic rings. The standard InChI is InChI=1S/C22H13ClN2O.C10H4Cl2N2O/c23-22-24-19(21-20(25-22)17-8-4-5-9-18(17)26-21)16-12-10-15(11-13-16)14-6-2-1-3-7-14;11-9-8-7(13-10(12)14-9)5-3-1-2-4-6(5)15-8/h1-13H;1-4H. The molecule has 4 aromatic heterocycles. The molecule has 4 aromatic carbocycles. The molecule has 8 rings (SSSR count). The molecule has 0 fully saturated rings. The molecule has 0 radical (unpaired) electrons. The second kappa shape index (κ2) is 10.5. The molecule has 0 aliphatic carbocycles.